The first-order valence-electron chi connectivity index (χ1n) is 20.4. The van der Waals surface area contributed by atoms with Crippen molar-refractivity contribution >= 4 is 35.6 Å². The maximum Gasteiger partial charge on any atom is 0.326 e. The fraction of sp³-hybridized carbons (Fsp3) is 0.846. The largest absolute Gasteiger partial charge is 0.481 e. The Kier molecular flexibility index (Phi) is 34.4. The molecule has 0 aromatic carbocycles. The summed E-state index contributed by atoms with van der Waals surface area (Å²) in [6.45, 7) is 1.09. The molecular formula is C39H72N4O11. The van der Waals surface area contributed by atoms with Crippen LogP contribution in [0.1, 0.15) is 161 Å². The molecule has 0 aromatic heterocycles. The highest BCUT2D eigenvalue weighted by Crippen LogP contribution is 2.15. The fourth-order valence-electron chi connectivity index (χ4n) is 5.82. The van der Waals surface area contributed by atoms with Gasteiger partial charge in [-0.05, 0) is 38.5 Å². The molecule has 0 saturated carbocycles. The van der Waals surface area contributed by atoms with Gasteiger partial charge in [0.2, 0.25) is 17.7 Å². The Hall–Kier alpha value is -3.30. The van der Waals surface area contributed by atoms with Crippen molar-refractivity contribution in [2.24, 2.45) is 5.73 Å². The van der Waals surface area contributed by atoms with E-state index in [4.69, 9.17) is 25.4 Å². The summed E-state index contributed by atoms with van der Waals surface area (Å²) in [6.07, 6.45) is 22.7. The van der Waals surface area contributed by atoms with Crippen LogP contribution in [0.2, 0.25) is 0 Å². The summed E-state index contributed by atoms with van der Waals surface area (Å²) in [5.41, 5.74) is 5.42. The normalized spacial score (nSPS) is 12.2. The maximum atomic E-state index is 12.3. The SMILES string of the molecule is N[C@@H](CCCCNC(=O)COCCOCCNC(=O)CC[C@H](NC(=O)CCCCCCCCCCCCCCCCCCCCC(=O)O)C(=O)O)C(=O)O. The zero-order valence-electron chi connectivity index (χ0n) is 32.8. The van der Waals surface area contributed by atoms with Crippen molar-refractivity contribution in [3.63, 3.8) is 0 Å². The van der Waals surface area contributed by atoms with Crippen molar-refractivity contribution in [3.05, 3.63) is 0 Å². The van der Waals surface area contributed by atoms with Crippen LogP contribution in [0.25, 0.3) is 0 Å². The molecule has 0 unspecified atom stereocenters. The van der Waals surface area contributed by atoms with Crippen LogP contribution in [-0.2, 0) is 38.2 Å². The number of rotatable bonds is 40. The van der Waals surface area contributed by atoms with Crippen molar-refractivity contribution in [2.45, 2.75) is 173 Å². The number of carboxylic acids is 3. The Morgan fingerprint density at radius 1 is 0.463 bits per heavy atom. The first-order chi connectivity index (χ1) is 26.0. The van der Waals surface area contributed by atoms with Crippen LogP contribution in [0.3, 0.4) is 0 Å². The Morgan fingerprint density at radius 2 is 0.944 bits per heavy atom. The minimum atomic E-state index is -1.17. The lowest BCUT2D eigenvalue weighted by molar-refractivity contribution is -0.142. The summed E-state index contributed by atoms with van der Waals surface area (Å²) >= 11 is 0. The zero-order chi connectivity index (χ0) is 40.1. The van der Waals surface area contributed by atoms with Crippen molar-refractivity contribution in [1.29, 1.82) is 0 Å². The van der Waals surface area contributed by atoms with Crippen LogP contribution in [0.5, 0.6) is 0 Å². The van der Waals surface area contributed by atoms with Gasteiger partial charge in [-0.25, -0.2) is 4.79 Å². The molecule has 314 valence electrons. The first kappa shape index (κ1) is 50.7. The summed E-state index contributed by atoms with van der Waals surface area (Å²) in [6, 6.07) is -2.02. The molecule has 0 saturated heterocycles. The van der Waals surface area contributed by atoms with Crippen LogP contribution in [0.4, 0.5) is 0 Å². The topological polar surface area (TPSA) is 244 Å². The van der Waals surface area contributed by atoms with E-state index in [1.54, 1.807) is 0 Å². The zero-order valence-corrected chi connectivity index (χ0v) is 32.8. The number of ether oxygens (including phenoxy) is 2. The van der Waals surface area contributed by atoms with E-state index >= 15 is 0 Å². The fourth-order valence-corrected chi connectivity index (χ4v) is 5.82. The summed E-state index contributed by atoms with van der Waals surface area (Å²) in [5.74, 6) is -3.87. The van der Waals surface area contributed by atoms with Gasteiger partial charge in [-0.1, -0.05) is 103 Å². The van der Waals surface area contributed by atoms with Gasteiger partial charge in [-0.2, -0.15) is 0 Å². The van der Waals surface area contributed by atoms with Crippen molar-refractivity contribution in [2.75, 3.05) is 39.5 Å². The van der Waals surface area contributed by atoms with Gasteiger partial charge in [0.05, 0.1) is 19.8 Å². The monoisotopic (exact) mass is 773 g/mol. The predicted molar refractivity (Wildman–Crippen MR) is 206 cm³/mol. The second-order valence-electron chi connectivity index (χ2n) is 14.1. The van der Waals surface area contributed by atoms with E-state index in [1.807, 2.05) is 0 Å². The second kappa shape index (κ2) is 36.7. The molecule has 8 N–H and O–H groups in total. The van der Waals surface area contributed by atoms with Gasteiger partial charge in [-0.15, -0.1) is 0 Å². The van der Waals surface area contributed by atoms with E-state index in [9.17, 15) is 33.9 Å². The number of aliphatic carboxylic acids is 3. The minimum absolute atomic E-state index is 0.0155. The number of hydrogen-bond acceptors (Lipinski definition) is 9. The van der Waals surface area contributed by atoms with Gasteiger partial charge in [0.25, 0.3) is 0 Å². The van der Waals surface area contributed by atoms with Gasteiger partial charge >= 0.3 is 17.9 Å². The van der Waals surface area contributed by atoms with Crippen LogP contribution in [-0.4, -0.2) is 103 Å². The van der Waals surface area contributed by atoms with Crippen LogP contribution < -0.4 is 21.7 Å². The van der Waals surface area contributed by atoms with Gasteiger partial charge in [0.1, 0.15) is 18.7 Å². The highest BCUT2D eigenvalue weighted by atomic mass is 16.5. The smallest absolute Gasteiger partial charge is 0.326 e. The van der Waals surface area contributed by atoms with Gasteiger partial charge in [0, 0.05) is 32.4 Å². The van der Waals surface area contributed by atoms with Gasteiger partial charge in [-0.3, -0.25) is 24.0 Å². The number of nitrogens with one attached hydrogen (secondary N) is 3. The number of carbonyl (C=O) groups is 6. The van der Waals surface area contributed by atoms with Crippen molar-refractivity contribution < 1.29 is 53.6 Å². The third-order valence-corrected chi connectivity index (χ3v) is 9.09. The van der Waals surface area contributed by atoms with E-state index in [2.05, 4.69) is 16.0 Å². The lowest BCUT2D eigenvalue weighted by Crippen LogP contribution is -2.41. The molecule has 0 aliphatic carbocycles. The number of carbonyl (C=O) groups excluding carboxylic acids is 3. The van der Waals surface area contributed by atoms with Crippen molar-refractivity contribution in [1.82, 2.24) is 16.0 Å². The second-order valence-corrected chi connectivity index (χ2v) is 14.1. The Bertz CT molecular complexity index is 1020. The molecule has 0 aromatic rings. The molecule has 0 aliphatic rings. The van der Waals surface area contributed by atoms with E-state index in [0.717, 1.165) is 38.5 Å². The molecule has 0 fully saturated rings. The highest BCUT2D eigenvalue weighted by Gasteiger charge is 2.20. The molecule has 0 aliphatic heterocycles. The predicted octanol–water partition coefficient (Wildman–Crippen LogP) is 5.07. The Labute approximate surface area is 322 Å². The summed E-state index contributed by atoms with van der Waals surface area (Å²) in [4.78, 5) is 69.0. The standard InChI is InChI=1S/C39H72N4O11/c40-32(38(49)50)21-19-20-26-41-36(46)31-54-30-29-53-28-27-42-34(44)25-24-33(39(51)52)43-35(45)22-17-15-13-11-9-7-5-3-1-2-4-6-8-10-12-14-16-18-23-37(47)48/h32-33H,1-31,40H2,(H,41,46)(H,42,44)(H,43,45)(H,47,48)(H,49,50)(H,51,52)/t32-,33-/m0/s1. The van der Waals surface area contributed by atoms with E-state index in [-0.39, 0.29) is 70.0 Å². The Balaban J connectivity index is 3.64. The molecule has 0 rings (SSSR count). The third kappa shape index (κ3) is 35.7. The van der Waals surface area contributed by atoms with E-state index < -0.39 is 30.0 Å². The molecule has 54 heavy (non-hydrogen) atoms. The van der Waals surface area contributed by atoms with Crippen LogP contribution in [0, 0.1) is 0 Å². The molecular weight excluding hydrogens is 700 g/mol. The van der Waals surface area contributed by atoms with Gasteiger partial charge < -0.3 is 46.5 Å². The molecule has 3 amide bonds. The van der Waals surface area contributed by atoms with Crippen molar-refractivity contribution in [3.8, 4) is 0 Å². The molecule has 0 heterocycles. The lowest BCUT2D eigenvalue weighted by atomic mass is 10.0. The van der Waals surface area contributed by atoms with E-state index in [0.29, 0.717) is 38.6 Å². The maximum absolute atomic E-state index is 12.3. The number of amides is 3. The molecule has 15 nitrogen and oxygen atoms in total. The number of carboxylic acid groups (broad SMARTS) is 3. The van der Waals surface area contributed by atoms with E-state index in [1.165, 1.54) is 70.6 Å². The number of nitrogens with two attached hydrogens (primary N) is 1. The molecule has 0 spiro atoms. The summed E-state index contributed by atoms with van der Waals surface area (Å²) in [7, 11) is 0. The first-order valence-corrected chi connectivity index (χ1v) is 20.4. The minimum Gasteiger partial charge on any atom is -0.481 e. The number of hydrogen-bond donors (Lipinski definition) is 7. The summed E-state index contributed by atoms with van der Waals surface area (Å²) < 4.78 is 10.6. The quantitative estimate of drug-likeness (QED) is 0.0404. The highest BCUT2D eigenvalue weighted by molar-refractivity contribution is 5.84. The average molecular weight is 773 g/mol. The molecule has 0 bridgehead atoms. The van der Waals surface area contributed by atoms with Crippen LogP contribution in [0.15, 0.2) is 0 Å². The summed E-state index contributed by atoms with van der Waals surface area (Å²) in [5, 5.41) is 34.7. The molecule has 0 radical (unpaired) electrons. The molecule has 2 atom stereocenters. The third-order valence-electron chi connectivity index (χ3n) is 9.09. The average Bonchev–Trinajstić information content (AvgIpc) is 3.12. The Morgan fingerprint density at radius 3 is 1.44 bits per heavy atom. The van der Waals surface area contributed by atoms with Crippen LogP contribution >= 0.6 is 0 Å². The molecule has 15 heteroatoms. The van der Waals surface area contributed by atoms with Gasteiger partial charge in [0.15, 0.2) is 0 Å². The lowest BCUT2D eigenvalue weighted by Gasteiger charge is -2.14. The number of unbranched alkanes of at least 4 members (excludes halogenated alkanes) is 18.